The molecule has 30 heavy (non-hydrogen) atoms. The highest BCUT2D eigenvalue weighted by molar-refractivity contribution is 7.16. The summed E-state index contributed by atoms with van der Waals surface area (Å²) < 4.78 is 1.83. The number of nitrogens with one attached hydrogen (secondary N) is 1. The van der Waals surface area contributed by atoms with E-state index in [-0.39, 0.29) is 5.91 Å². The first-order chi connectivity index (χ1) is 14.7. The second-order valence-corrected chi connectivity index (χ2v) is 9.41. The van der Waals surface area contributed by atoms with Crippen LogP contribution in [0, 0.1) is 0 Å². The number of hydrogen-bond donors (Lipinski definition) is 1. The number of anilines is 1. The second kappa shape index (κ2) is 8.14. The zero-order valence-electron chi connectivity index (χ0n) is 16.5. The number of amides is 1. The van der Waals surface area contributed by atoms with E-state index in [1.165, 1.54) is 4.88 Å². The molecule has 4 heterocycles. The lowest BCUT2D eigenvalue weighted by Gasteiger charge is -2.20. The molecule has 0 unspecified atom stereocenters. The molecule has 0 aliphatic carbocycles. The summed E-state index contributed by atoms with van der Waals surface area (Å²) in [4.78, 5) is 22.3. The van der Waals surface area contributed by atoms with Crippen LogP contribution in [0.2, 0.25) is 0 Å². The summed E-state index contributed by atoms with van der Waals surface area (Å²) in [5.74, 6) is -0.169. The Labute approximate surface area is 182 Å². The van der Waals surface area contributed by atoms with Gasteiger partial charge in [0.05, 0.1) is 22.7 Å². The van der Waals surface area contributed by atoms with Gasteiger partial charge in [-0.1, -0.05) is 36.4 Å². The first-order valence-corrected chi connectivity index (χ1v) is 11.5. The molecule has 1 aliphatic rings. The van der Waals surface area contributed by atoms with Crippen molar-refractivity contribution in [3.63, 3.8) is 0 Å². The predicted octanol–water partition coefficient (Wildman–Crippen LogP) is 4.36. The molecule has 0 saturated carbocycles. The van der Waals surface area contributed by atoms with E-state index < -0.39 is 0 Å². The lowest BCUT2D eigenvalue weighted by molar-refractivity contribution is 0.102. The van der Waals surface area contributed by atoms with Gasteiger partial charge < -0.3 is 4.90 Å². The number of likely N-dealkylation sites (N-methyl/N-ethyl adjacent to an activating group) is 1. The fourth-order valence-electron chi connectivity index (χ4n) is 3.58. The van der Waals surface area contributed by atoms with Crippen molar-refractivity contribution in [2.75, 3.05) is 18.9 Å². The van der Waals surface area contributed by atoms with Crippen LogP contribution in [0.3, 0.4) is 0 Å². The lowest BCUT2D eigenvalue weighted by atomic mass is 10.2. The molecule has 1 N–H and O–H groups in total. The zero-order chi connectivity index (χ0) is 20.5. The third-order valence-electron chi connectivity index (χ3n) is 5.09. The molecule has 1 amide bonds. The van der Waals surface area contributed by atoms with E-state index >= 15 is 0 Å². The topological polar surface area (TPSA) is 63.1 Å². The van der Waals surface area contributed by atoms with Crippen molar-refractivity contribution >= 4 is 33.7 Å². The fraction of sp³-hybridized carbons (Fsp3) is 0.227. The minimum Gasteiger partial charge on any atom is -0.301 e. The minimum atomic E-state index is -0.169. The molecular weight excluding hydrogens is 414 g/mol. The van der Waals surface area contributed by atoms with Crippen molar-refractivity contribution < 1.29 is 4.79 Å². The zero-order valence-corrected chi connectivity index (χ0v) is 18.2. The molecule has 0 atom stereocenters. The molecule has 8 heteroatoms. The summed E-state index contributed by atoms with van der Waals surface area (Å²) >= 11 is 3.15. The number of carbonyl (C=O) groups is 1. The largest absolute Gasteiger partial charge is 0.301 e. The number of nitrogens with zero attached hydrogens (tertiary/aromatic N) is 4. The van der Waals surface area contributed by atoms with Gasteiger partial charge in [0.15, 0.2) is 5.13 Å². The Hall–Kier alpha value is -2.81. The van der Waals surface area contributed by atoms with Gasteiger partial charge in [0.1, 0.15) is 5.69 Å². The summed E-state index contributed by atoms with van der Waals surface area (Å²) in [6, 6.07) is 14.1. The lowest BCUT2D eigenvalue weighted by Crippen LogP contribution is -2.25. The van der Waals surface area contributed by atoms with Crippen LogP contribution in [-0.2, 0) is 19.5 Å². The van der Waals surface area contributed by atoms with Gasteiger partial charge in [-0.15, -0.1) is 22.7 Å². The van der Waals surface area contributed by atoms with Crippen molar-refractivity contribution in [3.05, 3.63) is 75.7 Å². The first kappa shape index (κ1) is 19.2. The molecule has 1 aromatic carbocycles. The molecule has 0 radical (unpaired) electrons. The van der Waals surface area contributed by atoms with Gasteiger partial charge >= 0.3 is 0 Å². The van der Waals surface area contributed by atoms with E-state index in [2.05, 4.69) is 34.4 Å². The molecular formula is C22H21N5OS2. The Morgan fingerprint density at radius 1 is 1.20 bits per heavy atom. The fourth-order valence-corrected chi connectivity index (χ4v) is 5.38. The quantitative estimate of drug-likeness (QED) is 0.506. The van der Waals surface area contributed by atoms with Crippen LogP contribution >= 0.6 is 22.7 Å². The highest BCUT2D eigenvalue weighted by atomic mass is 32.1. The average molecular weight is 436 g/mol. The van der Waals surface area contributed by atoms with E-state index in [9.17, 15) is 4.79 Å². The molecule has 3 aromatic heterocycles. The number of rotatable bonds is 5. The maximum Gasteiger partial charge on any atom is 0.261 e. The predicted molar refractivity (Wildman–Crippen MR) is 121 cm³/mol. The van der Waals surface area contributed by atoms with Gasteiger partial charge in [0, 0.05) is 30.6 Å². The molecule has 152 valence electrons. The molecule has 6 nitrogen and oxygen atoms in total. The van der Waals surface area contributed by atoms with Crippen LogP contribution in [0.1, 0.15) is 26.5 Å². The van der Waals surface area contributed by atoms with Gasteiger partial charge in [-0.05, 0) is 24.1 Å². The Balaban J connectivity index is 1.43. The van der Waals surface area contributed by atoms with Crippen LogP contribution in [0.4, 0.5) is 5.13 Å². The van der Waals surface area contributed by atoms with Gasteiger partial charge in [0.25, 0.3) is 5.91 Å². The molecule has 5 rings (SSSR count). The maximum absolute atomic E-state index is 13.2. The van der Waals surface area contributed by atoms with Crippen molar-refractivity contribution in [2.24, 2.45) is 0 Å². The van der Waals surface area contributed by atoms with E-state index in [0.717, 1.165) is 35.6 Å². The van der Waals surface area contributed by atoms with Crippen LogP contribution in [0.5, 0.6) is 0 Å². The van der Waals surface area contributed by atoms with E-state index in [4.69, 9.17) is 5.10 Å². The van der Waals surface area contributed by atoms with Crippen molar-refractivity contribution in [2.45, 2.75) is 19.5 Å². The summed E-state index contributed by atoms with van der Waals surface area (Å²) in [6.45, 7) is 2.50. The number of carbonyl (C=O) groups excluding carboxylic acids is 1. The van der Waals surface area contributed by atoms with Crippen LogP contribution in [0.15, 0.2) is 54.0 Å². The third kappa shape index (κ3) is 3.94. The number of fused-ring (bicyclic) bond motifs is 1. The average Bonchev–Trinajstić information content (AvgIpc) is 3.47. The molecule has 0 bridgehead atoms. The summed E-state index contributed by atoms with van der Waals surface area (Å²) in [7, 11) is 2.11. The molecule has 0 saturated heterocycles. The van der Waals surface area contributed by atoms with Crippen LogP contribution < -0.4 is 5.32 Å². The van der Waals surface area contributed by atoms with Crippen LogP contribution in [-0.4, -0.2) is 39.2 Å². The number of hydrogen-bond acceptors (Lipinski definition) is 6. The van der Waals surface area contributed by atoms with Gasteiger partial charge in [-0.2, -0.15) is 5.10 Å². The first-order valence-electron chi connectivity index (χ1n) is 9.79. The Morgan fingerprint density at radius 3 is 2.87 bits per heavy atom. The van der Waals surface area contributed by atoms with E-state index in [0.29, 0.717) is 22.9 Å². The summed E-state index contributed by atoms with van der Waals surface area (Å²) in [5.41, 5.74) is 3.52. The highest BCUT2D eigenvalue weighted by Crippen LogP contribution is 2.30. The normalized spacial score (nSPS) is 13.9. The SMILES string of the molecule is CN1CCc2nc(NC(=O)c3cn(Cc4ccccc4)nc3-c3cccs3)sc2C1. The van der Waals surface area contributed by atoms with Gasteiger partial charge in [0.2, 0.25) is 0 Å². The third-order valence-corrected chi connectivity index (χ3v) is 6.97. The standard InChI is InChI=1S/C22H21N5OS2/c1-26-10-9-17-19(14-26)30-22(23-17)24-21(28)16-13-27(12-15-6-3-2-4-7-15)25-20(16)18-8-5-11-29-18/h2-8,11,13H,9-10,12,14H2,1H3,(H,23,24,28). The summed E-state index contributed by atoms with van der Waals surface area (Å²) in [5, 5.41) is 10.4. The van der Waals surface area contributed by atoms with Gasteiger partial charge in [-0.3, -0.25) is 14.8 Å². The monoisotopic (exact) mass is 435 g/mol. The Bertz CT molecular complexity index is 1160. The Morgan fingerprint density at radius 2 is 2.07 bits per heavy atom. The van der Waals surface area contributed by atoms with E-state index in [1.807, 2.05) is 46.6 Å². The molecule has 4 aromatic rings. The Kier molecular flexibility index (Phi) is 5.20. The minimum absolute atomic E-state index is 0.169. The number of thiophene rings is 1. The highest BCUT2D eigenvalue weighted by Gasteiger charge is 2.22. The van der Waals surface area contributed by atoms with Crippen molar-refractivity contribution in [1.82, 2.24) is 19.7 Å². The van der Waals surface area contributed by atoms with Crippen LogP contribution in [0.25, 0.3) is 10.6 Å². The molecule has 1 aliphatic heterocycles. The molecule has 0 spiro atoms. The van der Waals surface area contributed by atoms with E-state index in [1.54, 1.807) is 22.7 Å². The van der Waals surface area contributed by atoms with Crippen molar-refractivity contribution in [3.8, 4) is 10.6 Å². The number of benzene rings is 1. The molecule has 0 fully saturated rings. The van der Waals surface area contributed by atoms with Gasteiger partial charge in [-0.25, -0.2) is 4.98 Å². The number of thiazole rings is 1. The van der Waals surface area contributed by atoms with Crippen molar-refractivity contribution in [1.29, 1.82) is 0 Å². The summed E-state index contributed by atoms with van der Waals surface area (Å²) in [6.07, 6.45) is 2.76. The second-order valence-electron chi connectivity index (χ2n) is 7.38. The maximum atomic E-state index is 13.2. The number of aromatic nitrogens is 3. The smallest absolute Gasteiger partial charge is 0.261 e.